The van der Waals surface area contributed by atoms with E-state index in [0.29, 0.717) is 17.8 Å². The van der Waals surface area contributed by atoms with Crippen molar-refractivity contribution in [1.82, 2.24) is 19.3 Å². The van der Waals surface area contributed by atoms with Gasteiger partial charge in [-0.05, 0) is 110 Å². The summed E-state index contributed by atoms with van der Waals surface area (Å²) in [7, 11) is 0. The Hall–Kier alpha value is -4.64. The Morgan fingerprint density at radius 2 is 1.64 bits per heavy atom. The number of fused-ring (bicyclic) bond motifs is 3. The molecule has 0 amide bonds. The number of pyridine rings is 1. The zero-order chi connectivity index (χ0) is 37.4. The van der Waals surface area contributed by atoms with E-state index < -0.39 is 0 Å². The highest BCUT2D eigenvalue weighted by Crippen LogP contribution is 2.43. The van der Waals surface area contributed by atoms with Crippen molar-refractivity contribution in [3.63, 3.8) is 0 Å². The van der Waals surface area contributed by atoms with Gasteiger partial charge in [0.1, 0.15) is 17.3 Å². The molecule has 1 unspecified atom stereocenters. The molecule has 276 valence electrons. The van der Waals surface area contributed by atoms with E-state index in [4.69, 9.17) is 14.8 Å². The molecule has 0 saturated carbocycles. The van der Waals surface area contributed by atoms with Gasteiger partial charge < -0.3 is 4.74 Å². The third-order valence-corrected chi connectivity index (χ3v) is 11.1. The molecule has 53 heavy (non-hydrogen) atoms. The smallest absolute Gasteiger partial charge is 0.137 e. The molecule has 0 fully saturated rings. The van der Waals surface area contributed by atoms with Crippen LogP contribution in [0.3, 0.4) is 0 Å². The van der Waals surface area contributed by atoms with Crippen LogP contribution in [-0.4, -0.2) is 19.3 Å². The van der Waals surface area contributed by atoms with Crippen molar-refractivity contribution in [3.8, 4) is 23.0 Å². The molecule has 5 heteroatoms. The molecule has 2 atom stereocenters. The first-order chi connectivity index (χ1) is 25.5. The summed E-state index contributed by atoms with van der Waals surface area (Å²) >= 11 is 0. The second kappa shape index (κ2) is 15.0. The minimum absolute atomic E-state index is 0.0818. The quantitative estimate of drug-likeness (QED) is 0.126. The highest BCUT2D eigenvalue weighted by atomic mass is 16.5. The lowest BCUT2D eigenvalue weighted by molar-refractivity contribution is 0.445. The number of rotatable bonds is 11. The summed E-state index contributed by atoms with van der Waals surface area (Å²) in [6, 6.07) is 26.2. The number of para-hydroxylation sites is 1. The second-order valence-electron chi connectivity index (χ2n) is 16.9. The van der Waals surface area contributed by atoms with Gasteiger partial charge in [-0.2, -0.15) is 5.10 Å². The minimum Gasteiger partial charge on any atom is -0.457 e. The molecule has 0 bridgehead atoms. The highest BCUT2D eigenvalue weighted by molar-refractivity contribution is 6.09. The van der Waals surface area contributed by atoms with E-state index in [-0.39, 0.29) is 5.41 Å². The Morgan fingerprint density at radius 1 is 0.868 bits per heavy atom. The normalized spacial score (nSPS) is 16.5. The lowest BCUT2D eigenvalue weighted by atomic mass is 9.74. The van der Waals surface area contributed by atoms with Gasteiger partial charge in [0.05, 0.1) is 22.4 Å². The van der Waals surface area contributed by atoms with Crippen LogP contribution in [0.4, 0.5) is 0 Å². The average Bonchev–Trinajstić information content (AvgIpc) is 3.63. The van der Waals surface area contributed by atoms with Gasteiger partial charge in [-0.15, -0.1) is 0 Å². The van der Waals surface area contributed by atoms with Gasteiger partial charge in [0, 0.05) is 46.3 Å². The molecule has 0 radical (unpaired) electrons. The fraction of sp³-hybridized carbons (Fsp3) is 0.417. The fourth-order valence-corrected chi connectivity index (χ4v) is 8.59. The van der Waals surface area contributed by atoms with Crippen LogP contribution >= 0.6 is 0 Å². The van der Waals surface area contributed by atoms with Crippen LogP contribution in [-0.2, 0) is 24.7 Å². The molecule has 5 nitrogen and oxygen atoms in total. The van der Waals surface area contributed by atoms with Crippen molar-refractivity contribution in [2.24, 2.45) is 11.8 Å². The molecular formula is C48H58N4O. The fourth-order valence-electron chi connectivity index (χ4n) is 8.59. The van der Waals surface area contributed by atoms with Crippen molar-refractivity contribution in [1.29, 1.82) is 0 Å². The van der Waals surface area contributed by atoms with E-state index >= 15 is 0 Å². The SMILES string of the molecule is CCCc1nn(-c2cc(Oc3ccc4c5ccccc5n(-c5cc(CC(C)C)ccn5)c4c3)cc(C(C)(C)C)c2)c(CCC)c1C1C(C)=CCC[C@@H]1C. The number of ether oxygens (including phenoxy) is 1. The predicted octanol–water partition coefficient (Wildman–Crippen LogP) is 13.0. The summed E-state index contributed by atoms with van der Waals surface area (Å²) in [4.78, 5) is 4.88. The zero-order valence-corrected chi connectivity index (χ0v) is 33.5. The van der Waals surface area contributed by atoms with Crippen LogP contribution in [0.25, 0.3) is 33.3 Å². The molecule has 3 aromatic heterocycles. The van der Waals surface area contributed by atoms with Crippen molar-refractivity contribution >= 4 is 21.8 Å². The van der Waals surface area contributed by atoms with Crippen LogP contribution in [0.5, 0.6) is 11.5 Å². The third-order valence-electron chi connectivity index (χ3n) is 11.1. The van der Waals surface area contributed by atoms with E-state index in [1.807, 2.05) is 6.20 Å². The Kier molecular flexibility index (Phi) is 10.4. The van der Waals surface area contributed by atoms with Crippen molar-refractivity contribution in [2.75, 3.05) is 0 Å². The molecule has 6 aromatic rings. The number of benzene rings is 3. The molecule has 0 aliphatic heterocycles. The van der Waals surface area contributed by atoms with Crippen molar-refractivity contribution in [3.05, 3.63) is 119 Å². The largest absolute Gasteiger partial charge is 0.457 e. The maximum absolute atomic E-state index is 6.90. The minimum atomic E-state index is -0.0818. The molecule has 0 N–H and O–H groups in total. The summed E-state index contributed by atoms with van der Waals surface area (Å²) in [6.45, 7) is 20.7. The van der Waals surface area contributed by atoms with Crippen LogP contribution in [0.1, 0.15) is 122 Å². The first-order valence-corrected chi connectivity index (χ1v) is 20.1. The molecule has 0 saturated heterocycles. The van der Waals surface area contributed by atoms with Crippen LogP contribution < -0.4 is 4.74 Å². The topological polar surface area (TPSA) is 44.9 Å². The number of aromatic nitrogens is 4. The predicted molar refractivity (Wildman–Crippen MR) is 222 cm³/mol. The maximum atomic E-state index is 6.90. The second-order valence-corrected chi connectivity index (χ2v) is 16.9. The van der Waals surface area contributed by atoms with E-state index in [0.717, 1.165) is 66.1 Å². The van der Waals surface area contributed by atoms with Gasteiger partial charge in [-0.1, -0.05) is 98.1 Å². The molecular weight excluding hydrogens is 649 g/mol. The summed E-state index contributed by atoms with van der Waals surface area (Å²) in [5, 5.41) is 7.86. The standard InChI is InChI=1S/C48H58N4O/c1-10-15-41-47(46-32(5)17-14-18-33(46)6)43(16-11-2)52(50-41)36-27-35(48(7,8)9)28-38(29-36)53-37-21-22-40-39-19-12-13-20-42(39)51(44(40)30-37)45-26-34(23-24-49-45)25-31(3)4/h12-13,17,19-24,26-31,33,46H,10-11,14-16,18,25H2,1-9H3/t33-,46?/m0/s1. The van der Waals surface area contributed by atoms with E-state index in [9.17, 15) is 0 Å². The maximum Gasteiger partial charge on any atom is 0.137 e. The van der Waals surface area contributed by atoms with Crippen LogP contribution in [0.2, 0.25) is 0 Å². The third kappa shape index (κ3) is 7.32. The van der Waals surface area contributed by atoms with Gasteiger partial charge in [0.2, 0.25) is 0 Å². The Balaban J connectivity index is 1.36. The summed E-state index contributed by atoms with van der Waals surface area (Å²) in [6.07, 6.45) is 11.9. The van der Waals surface area contributed by atoms with Gasteiger partial charge in [-0.3, -0.25) is 4.57 Å². The number of aryl methyl sites for hydroxylation is 1. The van der Waals surface area contributed by atoms with Crippen LogP contribution in [0.15, 0.2) is 90.6 Å². The van der Waals surface area contributed by atoms with Crippen LogP contribution in [0, 0.1) is 11.8 Å². The molecule has 3 aromatic carbocycles. The van der Waals surface area contributed by atoms with Gasteiger partial charge in [0.15, 0.2) is 0 Å². The lowest BCUT2D eigenvalue weighted by Crippen LogP contribution is -2.18. The van der Waals surface area contributed by atoms with Gasteiger partial charge >= 0.3 is 0 Å². The molecule has 1 aliphatic rings. The Morgan fingerprint density at radius 3 is 2.38 bits per heavy atom. The number of allylic oxidation sites excluding steroid dienone is 2. The van der Waals surface area contributed by atoms with Gasteiger partial charge in [0.25, 0.3) is 0 Å². The number of hydrogen-bond donors (Lipinski definition) is 0. The molecule has 1 aliphatic carbocycles. The monoisotopic (exact) mass is 706 g/mol. The Labute approximate surface area is 317 Å². The average molecular weight is 707 g/mol. The number of hydrogen-bond acceptors (Lipinski definition) is 3. The Bertz CT molecular complexity index is 2280. The van der Waals surface area contributed by atoms with E-state index in [2.05, 4.69) is 150 Å². The van der Waals surface area contributed by atoms with E-state index in [1.54, 1.807) is 0 Å². The first-order valence-electron chi connectivity index (χ1n) is 20.1. The number of nitrogens with zero attached hydrogens (tertiary/aromatic N) is 4. The summed E-state index contributed by atoms with van der Waals surface area (Å²) < 4.78 is 11.5. The highest BCUT2D eigenvalue weighted by Gasteiger charge is 2.32. The molecule has 0 spiro atoms. The van der Waals surface area contributed by atoms with Crippen molar-refractivity contribution < 1.29 is 4.74 Å². The van der Waals surface area contributed by atoms with Gasteiger partial charge in [-0.25, -0.2) is 9.67 Å². The summed E-state index contributed by atoms with van der Waals surface area (Å²) in [5.74, 6) is 4.14. The molecule has 7 rings (SSSR count). The summed E-state index contributed by atoms with van der Waals surface area (Å²) in [5.41, 5.74) is 11.3. The zero-order valence-electron chi connectivity index (χ0n) is 33.5. The lowest BCUT2D eigenvalue weighted by Gasteiger charge is -2.30. The first kappa shape index (κ1) is 36.7. The molecule has 3 heterocycles. The van der Waals surface area contributed by atoms with E-state index in [1.165, 1.54) is 57.3 Å². The van der Waals surface area contributed by atoms with Crippen molar-refractivity contribution in [2.45, 2.75) is 119 Å².